The van der Waals surface area contributed by atoms with E-state index in [1.54, 1.807) is 4.90 Å². The highest BCUT2D eigenvalue weighted by atomic mass is 32.2. The van der Waals surface area contributed by atoms with Crippen LogP contribution in [0, 0.1) is 17.8 Å². The number of carbonyl (C=O) groups is 2. The van der Waals surface area contributed by atoms with Gasteiger partial charge in [0.15, 0.2) is 0 Å². The molecule has 0 aromatic heterocycles. The number of hydrogen-bond acceptors (Lipinski definition) is 4. The Kier molecular flexibility index (Phi) is 6.22. The van der Waals surface area contributed by atoms with Gasteiger partial charge in [-0.1, -0.05) is 6.42 Å². The summed E-state index contributed by atoms with van der Waals surface area (Å²) in [6.45, 7) is 8.70. The van der Waals surface area contributed by atoms with E-state index in [9.17, 15) is 9.59 Å². The van der Waals surface area contributed by atoms with Gasteiger partial charge in [0.1, 0.15) is 0 Å². The molecule has 1 N–H and O–H groups in total. The van der Waals surface area contributed by atoms with Gasteiger partial charge in [0.05, 0.1) is 10.6 Å². The predicted molar refractivity (Wildman–Crippen MR) is 111 cm³/mol. The predicted octanol–water partition coefficient (Wildman–Crippen LogP) is 3.75. The minimum absolute atomic E-state index is 0.0536. The highest BCUT2D eigenvalue weighted by molar-refractivity contribution is 8.21. The van der Waals surface area contributed by atoms with Crippen LogP contribution in [-0.2, 0) is 9.59 Å². The highest BCUT2D eigenvalue weighted by Gasteiger charge is 2.55. The van der Waals surface area contributed by atoms with Gasteiger partial charge in [0.2, 0.25) is 11.8 Å². The van der Waals surface area contributed by atoms with Crippen LogP contribution in [0.2, 0.25) is 0 Å². The van der Waals surface area contributed by atoms with Crippen LogP contribution >= 0.6 is 23.5 Å². The number of thioether (sulfide) groups is 2. The average Bonchev–Trinajstić information content (AvgIpc) is 2.99. The second-order valence-corrected chi connectivity index (χ2v) is 12.1. The summed E-state index contributed by atoms with van der Waals surface area (Å²) in [4.78, 5) is 27.3. The standard InChI is InChI=1S/C20H34N2O2S2/c1-5-22(13-17(23)21-19(2,3)4)18(24)14-11-15-7-6-8-16(12-14)20(15)25-9-10-26-20/h14-16H,5-13H2,1-4H3,(H,21,23). The molecule has 0 radical (unpaired) electrons. The maximum Gasteiger partial charge on any atom is 0.240 e. The fourth-order valence-electron chi connectivity index (χ4n) is 5.05. The number of nitrogens with one attached hydrogen (secondary N) is 1. The number of nitrogens with zero attached hydrogens (tertiary/aromatic N) is 1. The second kappa shape index (κ2) is 7.94. The maximum absolute atomic E-state index is 13.2. The molecule has 1 spiro atoms. The molecule has 148 valence electrons. The van der Waals surface area contributed by atoms with E-state index in [0.717, 1.165) is 12.8 Å². The molecule has 1 heterocycles. The first-order chi connectivity index (χ1) is 12.2. The molecule has 2 bridgehead atoms. The monoisotopic (exact) mass is 398 g/mol. The molecule has 0 aromatic carbocycles. The summed E-state index contributed by atoms with van der Waals surface area (Å²) >= 11 is 4.35. The lowest BCUT2D eigenvalue weighted by atomic mass is 9.66. The van der Waals surface area contributed by atoms with Crippen molar-refractivity contribution in [1.29, 1.82) is 0 Å². The van der Waals surface area contributed by atoms with Crippen LogP contribution in [0.25, 0.3) is 0 Å². The van der Waals surface area contributed by atoms with Crippen molar-refractivity contribution in [3.63, 3.8) is 0 Å². The molecule has 0 aromatic rings. The van der Waals surface area contributed by atoms with Crippen LogP contribution in [0.3, 0.4) is 0 Å². The van der Waals surface area contributed by atoms with E-state index in [2.05, 4.69) is 28.8 Å². The number of amides is 2. The fourth-order valence-corrected chi connectivity index (χ4v) is 8.98. The minimum atomic E-state index is -0.259. The Morgan fingerprint density at radius 3 is 2.19 bits per heavy atom. The lowest BCUT2D eigenvalue weighted by Gasteiger charge is -2.52. The van der Waals surface area contributed by atoms with Crippen molar-refractivity contribution in [2.75, 3.05) is 24.6 Å². The minimum Gasteiger partial charge on any atom is -0.350 e. The van der Waals surface area contributed by atoms with E-state index in [1.807, 2.05) is 27.7 Å². The van der Waals surface area contributed by atoms with Gasteiger partial charge in [-0.15, -0.1) is 23.5 Å². The van der Waals surface area contributed by atoms with Crippen molar-refractivity contribution in [1.82, 2.24) is 10.2 Å². The van der Waals surface area contributed by atoms with E-state index < -0.39 is 0 Å². The molecule has 3 aliphatic rings. The third-order valence-corrected chi connectivity index (χ3v) is 10.0. The molecule has 2 aliphatic carbocycles. The lowest BCUT2D eigenvalue weighted by molar-refractivity contribution is -0.141. The van der Waals surface area contributed by atoms with Gasteiger partial charge in [-0.2, -0.15) is 0 Å². The van der Waals surface area contributed by atoms with E-state index >= 15 is 0 Å². The maximum atomic E-state index is 13.2. The Labute approximate surface area is 167 Å². The van der Waals surface area contributed by atoms with Crippen LogP contribution in [-0.4, -0.2) is 50.9 Å². The largest absolute Gasteiger partial charge is 0.350 e. The number of carbonyl (C=O) groups excluding carboxylic acids is 2. The normalized spacial score (nSPS) is 30.2. The lowest BCUT2D eigenvalue weighted by Crippen LogP contribution is -2.52. The first kappa shape index (κ1) is 20.4. The number of likely N-dealkylation sites (N-methyl/N-ethyl adjacent to an activating group) is 1. The number of rotatable bonds is 4. The van der Waals surface area contributed by atoms with Crippen LogP contribution in [0.1, 0.15) is 59.8 Å². The van der Waals surface area contributed by atoms with Crippen molar-refractivity contribution < 1.29 is 9.59 Å². The summed E-state index contributed by atoms with van der Waals surface area (Å²) in [5.41, 5.74) is -0.259. The molecular formula is C20H34N2O2S2. The van der Waals surface area contributed by atoms with Gasteiger partial charge in [0.25, 0.3) is 0 Å². The third-order valence-electron chi connectivity index (χ3n) is 6.01. The molecule has 6 heteroatoms. The van der Waals surface area contributed by atoms with Crippen molar-refractivity contribution in [3.8, 4) is 0 Å². The molecule has 26 heavy (non-hydrogen) atoms. The van der Waals surface area contributed by atoms with Crippen LogP contribution in [0.4, 0.5) is 0 Å². The Balaban J connectivity index is 1.65. The second-order valence-electron chi connectivity index (χ2n) is 9.06. The fraction of sp³-hybridized carbons (Fsp3) is 0.900. The molecule has 4 nitrogen and oxygen atoms in total. The molecule has 3 rings (SSSR count). The van der Waals surface area contributed by atoms with E-state index in [0.29, 0.717) is 22.5 Å². The molecule has 2 atom stereocenters. The van der Waals surface area contributed by atoms with E-state index in [4.69, 9.17) is 0 Å². The SMILES string of the molecule is CCN(CC(=O)NC(C)(C)C)C(=O)C1CC2CCCC(C1)C21SCCS1. The van der Waals surface area contributed by atoms with Crippen molar-refractivity contribution in [2.24, 2.45) is 17.8 Å². The summed E-state index contributed by atoms with van der Waals surface area (Å²) in [7, 11) is 0. The summed E-state index contributed by atoms with van der Waals surface area (Å²) in [5.74, 6) is 4.14. The van der Waals surface area contributed by atoms with Crippen molar-refractivity contribution in [2.45, 2.75) is 69.4 Å². The number of hydrogen-bond donors (Lipinski definition) is 1. The average molecular weight is 399 g/mol. The van der Waals surface area contributed by atoms with Gasteiger partial charge < -0.3 is 10.2 Å². The molecule has 1 saturated heterocycles. The first-order valence-corrected chi connectivity index (χ1v) is 12.1. The zero-order chi connectivity index (χ0) is 18.9. The zero-order valence-electron chi connectivity index (χ0n) is 16.7. The topological polar surface area (TPSA) is 49.4 Å². The van der Waals surface area contributed by atoms with Crippen molar-refractivity contribution >= 4 is 35.3 Å². The third kappa shape index (κ3) is 4.21. The van der Waals surface area contributed by atoms with Gasteiger partial charge >= 0.3 is 0 Å². The Morgan fingerprint density at radius 2 is 1.69 bits per heavy atom. The van der Waals surface area contributed by atoms with Crippen LogP contribution < -0.4 is 5.32 Å². The molecule has 2 amide bonds. The van der Waals surface area contributed by atoms with Crippen LogP contribution in [0.5, 0.6) is 0 Å². The molecule has 2 unspecified atom stereocenters. The van der Waals surface area contributed by atoms with Gasteiger partial charge in [-0.3, -0.25) is 9.59 Å². The quantitative estimate of drug-likeness (QED) is 0.783. The first-order valence-electron chi connectivity index (χ1n) is 10.1. The van der Waals surface area contributed by atoms with Crippen molar-refractivity contribution in [3.05, 3.63) is 0 Å². The Morgan fingerprint density at radius 1 is 1.12 bits per heavy atom. The van der Waals surface area contributed by atoms with E-state index in [-0.39, 0.29) is 29.8 Å². The zero-order valence-corrected chi connectivity index (χ0v) is 18.3. The summed E-state index contributed by atoms with van der Waals surface area (Å²) < 4.78 is 0.398. The summed E-state index contributed by atoms with van der Waals surface area (Å²) in [6, 6.07) is 0. The Hall–Kier alpha value is -0.360. The van der Waals surface area contributed by atoms with Gasteiger partial charge in [-0.05, 0) is 65.2 Å². The van der Waals surface area contributed by atoms with E-state index in [1.165, 1.54) is 30.8 Å². The smallest absolute Gasteiger partial charge is 0.240 e. The van der Waals surface area contributed by atoms with Gasteiger partial charge in [0, 0.05) is 29.5 Å². The molecule has 3 fully saturated rings. The highest BCUT2D eigenvalue weighted by Crippen LogP contribution is 2.64. The molecular weight excluding hydrogens is 364 g/mol. The summed E-state index contributed by atoms with van der Waals surface area (Å²) in [6.07, 6.45) is 5.91. The van der Waals surface area contributed by atoms with Crippen LogP contribution in [0.15, 0.2) is 0 Å². The Bertz CT molecular complexity index is 524. The van der Waals surface area contributed by atoms with Gasteiger partial charge in [-0.25, -0.2) is 0 Å². The summed E-state index contributed by atoms with van der Waals surface area (Å²) in [5, 5.41) is 2.98. The molecule has 1 aliphatic heterocycles. The molecule has 2 saturated carbocycles.